The van der Waals surface area contributed by atoms with Crippen molar-refractivity contribution in [2.24, 2.45) is 4.99 Å². The van der Waals surface area contributed by atoms with E-state index in [2.05, 4.69) is 10.3 Å². The lowest BCUT2D eigenvalue weighted by Crippen LogP contribution is -2.40. The fraction of sp³-hybridized carbons (Fsp3) is 0.107. The van der Waals surface area contributed by atoms with Gasteiger partial charge >= 0.3 is 0 Å². The van der Waals surface area contributed by atoms with Gasteiger partial charge in [-0.25, -0.2) is 4.99 Å². The Hall–Kier alpha value is -3.94. The number of aromatic nitrogens is 1. The van der Waals surface area contributed by atoms with Gasteiger partial charge in [0, 0.05) is 10.7 Å². The second-order valence-electron chi connectivity index (χ2n) is 8.23. The van der Waals surface area contributed by atoms with Crippen LogP contribution >= 0.6 is 22.9 Å². The molecule has 1 atom stereocenters. The maximum Gasteiger partial charge on any atom is 0.271 e. The first kappa shape index (κ1) is 23.8. The Morgan fingerprint density at radius 2 is 1.75 bits per heavy atom. The molecule has 1 N–H and O–H groups in total. The summed E-state index contributed by atoms with van der Waals surface area (Å²) in [4.78, 5) is 32.5. The number of amides is 1. The molecule has 0 aliphatic carbocycles. The molecule has 1 unspecified atom stereocenters. The third kappa shape index (κ3) is 4.63. The summed E-state index contributed by atoms with van der Waals surface area (Å²) < 4.78 is 7.43. The number of ether oxygens (including phenoxy) is 1. The Kier molecular flexibility index (Phi) is 6.59. The smallest absolute Gasteiger partial charge is 0.271 e. The van der Waals surface area contributed by atoms with Crippen molar-refractivity contribution in [1.29, 1.82) is 0 Å². The number of fused-ring (bicyclic) bond motifs is 1. The third-order valence-electron chi connectivity index (χ3n) is 5.90. The fourth-order valence-corrected chi connectivity index (χ4v) is 5.32. The largest absolute Gasteiger partial charge is 0.497 e. The molecule has 1 aliphatic heterocycles. The highest BCUT2D eigenvalue weighted by molar-refractivity contribution is 7.07. The molecule has 8 heteroatoms. The molecular formula is C28H22ClN3O3S. The molecule has 6 nitrogen and oxygen atoms in total. The lowest BCUT2D eigenvalue weighted by Gasteiger charge is -2.25. The van der Waals surface area contributed by atoms with E-state index in [1.54, 1.807) is 30.7 Å². The number of methoxy groups -OCH3 is 1. The number of halogens is 1. The number of para-hydroxylation sites is 1. The molecule has 0 radical (unpaired) electrons. The number of nitrogens with one attached hydrogen (secondary N) is 1. The molecule has 0 saturated carbocycles. The molecule has 1 aliphatic rings. The summed E-state index contributed by atoms with van der Waals surface area (Å²) in [6, 6.07) is 23.2. The lowest BCUT2D eigenvalue weighted by atomic mass is 9.95. The summed E-state index contributed by atoms with van der Waals surface area (Å²) >= 11 is 7.31. The molecule has 0 bridgehead atoms. The third-order valence-corrected chi connectivity index (χ3v) is 7.13. The zero-order chi connectivity index (χ0) is 25.2. The van der Waals surface area contributed by atoms with Gasteiger partial charge in [-0.15, -0.1) is 0 Å². The highest BCUT2D eigenvalue weighted by atomic mass is 35.5. The van der Waals surface area contributed by atoms with Crippen LogP contribution in [0, 0.1) is 0 Å². The van der Waals surface area contributed by atoms with Gasteiger partial charge in [0.1, 0.15) is 5.75 Å². The van der Waals surface area contributed by atoms with Crippen LogP contribution in [0.15, 0.2) is 99.9 Å². The molecule has 4 aromatic rings. The summed E-state index contributed by atoms with van der Waals surface area (Å²) in [6.45, 7) is 1.80. The second kappa shape index (κ2) is 9.97. The molecule has 3 aromatic carbocycles. The standard InChI is InChI=1S/C28H22ClN3O3S/c1-17-24(26(33)31-21-6-4-3-5-7-21)25(19-10-14-22(35-2)15-11-19)32-27(34)23(36-28(32)30-17)16-18-8-12-20(29)13-9-18/h3-16,25H,1-2H3,(H,31,33)/b23-16-. The van der Waals surface area contributed by atoms with Gasteiger partial charge in [-0.05, 0) is 60.5 Å². The Balaban J connectivity index is 1.67. The number of anilines is 1. The van der Waals surface area contributed by atoms with Gasteiger partial charge in [0.05, 0.1) is 29.0 Å². The van der Waals surface area contributed by atoms with Crippen LogP contribution in [0.1, 0.15) is 24.1 Å². The zero-order valence-corrected chi connectivity index (χ0v) is 21.1. The molecule has 180 valence electrons. The van der Waals surface area contributed by atoms with Crippen LogP contribution < -0.4 is 24.9 Å². The molecule has 0 fully saturated rings. The van der Waals surface area contributed by atoms with Crippen molar-refractivity contribution in [2.75, 3.05) is 12.4 Å². The molecule has 1 amide bonds. The van der Waals surface area contributed by atoms with Crippen LogP contribution in [0.3, 0.4) is 0 Å². The van der Waals surface area contributed by atoms with E-state index in [1.807, 2.05) is 72.8 Å². The van der Waals surface area contributed by atoms with E-state index in [4.69, 9.17) is 16.3 Å². The summed E-state index contributed by atoms with van der Waals surface area (Å²) in [5.41, 5.74) is 3.05. The number of benzene rings is 3. The highest BCUT2D eigenvalue weighted by Crippen LogP contribution is 2.31. The first-order valence-electron chi connectivity index (χ1n) is 11.2. The molecule has 0 saturated heterocycles. The average molecular weight is 516 g/mol. The SMILES string of the molecule is COc1ccc(C2C(C(=O)Nc3ccccc3)=C(C)N=c3s/c(=C\c4ccc(Cl)cc4)c(=O)n32)cc1. The van der Waals surface area contributed by atoms with Crippen molar-refractivity contribution in [1.82, 2.24) is 4.57 Å². The van der Waals surface area contributed by atoms with Gasteiger partial charge in [-0.3, -0.25) is 14.2 Å². The van der Waals surface area contributed by atoms with Gasteiger partial charge < -0.3 is 10.1 Å². The van der Waals surface area contributed by atoms with Crippen molar-refractivity contribution < 1.29 is 9.53 Å². The fourth-order valence-electron chi connectivity index (χ4n) is 4.14. The topological polar surface area (TPSA) is 72.7 Å². The van der Waals surface area contributed by atoms with Gasteiger partial charge in [0.25, 0.3) is 11.5 Å². The number of carbonyl (C=O) groups is 1. The van der Waals surface area contributed by atoms with Crippen LogP contribution in [-0.4, -0.2) is 17.6 Å². The Labute approximate surface area is 216 Å². The number of hydrogen-bond donors (Lipinski definition) is 1. The molecular weight excluding hydrogens is 494 g/mol. The van der Waals surface area contributed by atoms with Crippen molar-refractivity contribution in [3.05, 3.63) is 126 Å². The van der Waals surface area contributed by atoms with Crippen LogP contribution in [0.2, 0.25) is 5.02 Å². The zero-order valence-electron chi connectivity index (χ0n) is 19.6. The van der Waals surface area contributed by atoms with E-state index < -0.39 is 6.04 Å². The number of carbonyl (C=O) groups excluding carboxylic acids is 1. The normalized spacial score (nSPS) is 15.3. The number of allylic oxidation sites excluding steroid dienone is 1. The van der Waals surface area contributed by atoms with Crippen LogP contribution in [0.5, 0.6) is 5.75 Å². The average Bonchev–Trinajstić information content (AvgIpc) is 3.19. The van der Waals surface area contributed by atoms with Crippen LogP contribution in [-0.2, 0) is 4.79 Å². The van der Waals surface area contributed by atoms with Gasteiger partial charge in [0.2, 0.25) is 0 Å². The van der Waals surface area contributed by atoms with E-state index in [9.17, 15) is 9.59 Å². The number of rotatable bonds is 5. The van der Waals surface area contributed by atoms with Crippen molar-refractivity contribution in [2.45, 2.75) is 13.0 Å². The Morgan fingerprint density at radius 3 is 2.42 bits per heavy atom. The molecule has 0 spiro atoms. The number of thiazole rings is 1. The maximum atomic E-state index is 13.7. The van der Waals surface area contributed by atoms with Gasteiger partial charge in [-0.1, -0.05) is 65.4 Å². The van der Waals surface area contributed by atoms with Crippen molar-refractivity contribution >= 4 is 40.6 Å². The van der Waals surface area contributed by atoms with E-state index >= 15 is 0 Å². The first-order valence-corrected chi connectivity index (χ1v) is 12.4. The molecule has 5 rings (SSSR count). The van der Waals surface area contributed by atoms with E-state index in [0.29, 0.717) is 37.1 Å². The summed E-state index contributed by atoms with van der Waals surface area (Å²) in [7, 11) is 1.59. The molecule has 1 aromatic heterocycles. The molecule has 2 heterocycles. The van der Waals surface area contributed by atoms with E-state index in [0.717, 1.165) is 11.1 Å². The monoisotopic (exact) mass is 515 g/mol. The summed E-state index contributed by atoms with van der Waals surface area (Å²) in [5, 5.41) is 3.58. The second-order valence-corrected chi connectivity index (χ2v) is 9.67. The van der Waals surface area contributed by atoms with Gasteiger partial charge in [-0.2, -0.15) is 0 Å². The summed E-state index contributed by atoms with van der Waals surface area (Å²) in [5.74, 6) is 0.375. The quantitative estimate of drug-likeness (QED) is 0.424. The predicted molar refractivity (Wildman–Crippen MR) is 143 cm³/mol. The minimum absolute atomic E-state index is 0.216. The van der Waals surface area contributed by atoms with Crippen molar-refractivity contribution in [3.63, 3.8) is 0 Å². The number of hydrogen-bond acceptors (Lipinski definition) is 5. The minimum atomic E-state index is -0.650. The van der Waals surface area contributed by atoms with E-state index in [-0.39, 0.29) is 11.5 Å². The van der Waals surface area contributed by atoms with Crippen LogP contribution in [0.4, 0.5) is 5.69 Å². The molecule has 36 heavy (non-hydrogen) atoms. The Bertz CT molecular complexity index is 1640. The van der Waals surface area contributed by atoms with Gasteiger partial charge in [0.15, 0.2) is 4.80 Å². The van der Waals surface area contributed by atoms with Crippen molar-refractivity contribution in [3.8, 4) is 5.75 Å². The van der Waals surface area contributed by atoms with Crippen LogP contribution in [0.25, 0.3) is 6.08 Å². The maximum absolute atomic E-state index is 13.7. The number of nitrogens with zero attached hydrogens (tertiary/aromatic N) is 2. The predicted octanol–water partition coefficient (Wildman–Crippen LogP) is 4.54. The Morgan fingerprint density at radius 1 is 1.06 bits per heavy atom. The first-order chi connectivity index (χ1) is 17.4. The van der Waals surface area contributed by atoms with E-state index in [1.165, 1.54) is 11.3 Å². The highest BCUT2D eigenvalue weighted by Gasteiger charge is 2.32. The summed E-state index contributed by atoms with van der Waals surface area (Å²) in [6.07, 6.45) is 1.81. The minimum Gasteiger partial charge on any atom is -0.497 e. The lowest BCUT2D eigenvalue weighted by molar-refractivity contribution is -0.113.